The number of ether oxygens (including phenoxy) is 2. The lowest BCUT2D eigenvalue weighted by atomic mass is 9.71. The fraction of sp³-hybridized carbons (Fsp3) is 1.00. The van der Waals surface area contributed by atoms with Crippen LogP contribution in [0.5, 0.6) is 0 Å². The van der Waals surface area contributed by atoms with Gasteiger partial charge >= 0.3 is 0 Å². The smallest absolute Gasteiger partial charge is 0.0672 e. The summed E-state index contributed by atoms with van der Waals surface area (Å²) < 4.78 is 11.7. The van der Waals surface area contributed by atoms with E-state index in [0.717, 1.165) is 44.7 Å². The van der Waals surface area contributed by atoms with Gasteiger partial charge in [-0.2, -0.15) is 0 Å². The van der Waals surface area contributed by atoms with Gasteiger partial charge in [-0.15, -0.1) is 0 Å². The van der Waals surface area contributed by atoms with Crippen LogP contribution in [0.1, 0.15) is 45.4 Å². The normalized spacial score (nSPS) is 36.8. The Kier molecular flexibility index (Phi) is 4.45. The van der Waals surface area contributed by atoms with E-state index in [2.05, 4.69) is 12.2 Å². The summed E-state index contributed by atoms with van der Waals surface area (Å²) in [5, 5.41) is 3.62. The Morgan fingerprint density at radius 1 is 1.11 bits per heavy atom. The molecule has 0 aromatic rings. The van der Waals surface area contributed by atoms with Crippen molar-refractivity contribution in [1.29, 1.82) is 0 Å². The van der Waals surface area contributed by atoms with Crippen LogP contribution in [-0.4, -0.2) is 39.0 Å². The summed E-state index contributed by atoms with van der Waals surface area (Å²) in [6.07, 6.45) is 8.45. The molecule has 3 nitrogen and oxygen atoms in total. The Hall–Kier alpha value is -0.120. The van der Waals surface area contributed by atoms with E-state index < -0.39 is 0 Å². The second-order valence-corrected chi connectivity index (χ2v) is 6.78. The zero-order valence-corrected chi connectivity index (χ0v) is 12.3. The van der Waals surface area contributed by atoms with Crippen molar-refractivity contribution in [3.8, 4) is 0 Å². The highest BCUT2D eigenvalue weighted by Gasteiger charge is 2.51. The molecular weight excluding hydrogens is 238 g/mol. The average Bonchev–Trinajstić information content (AvgIpc) is 3.20. The van der Waals surface area contributed by atoms with Gasteiger partial charge in [0.1, 0.15) is 0 Å². The molecule has 0 aromatic carbocycles. The number of nitrogens with one attached hydrogen (secondary N) is 1. The first-order chi connectivity index (χ1) is 9.34. The highest BCUT2D eigenvalue weighted by molar-refractivity contribution is 5.01. The van der Waals surface area contributed by atoms with E-state index in [1.54, 1.807) is 0 Å². The molecule has 3 heteroatoms. The minimum Gasteiger partial charge on any atom is -0.381 e. The largest absolute Gasteiger partial charge is 0.381 e. The standard InChI is InChI=1S/C16H29NO2/c1-2-17-12-16(11-13-5-8-18-9-6-13)7-10-19-15(16)14-3-4-14/h13-15,17H,2-12H2,1H3. The van der Waals surface area contributed by atoms with Crippen LogP contribution in [0.2, 0.25) is 0 Å². The molecule has 3 aliphatic rings. The molecule has 0 aromatic heterocycles. The summed E-state index contributed by atoms with van der Waals surface area (Å²) in [6, 6.07) is 0. The minimum atomic E-state index is 0.416. The van der Waals surface area contributed by atoms with Gasteiger partial charge in [-0.25, -0.2) is 0 Å². The van der Waals surface area contributed by atoms with Crippen LogP contribution >= 0.6 is 0 Å². The maximum absolute atomic E-state index is 6.16. The van der Waals surface area contributed by atoms with E-state index in [9.17, 15) is 0 Å². The minimum absolute atomic E-state index is 0.416. The van der Waals surface area contributed by atoms with Crippen molar-refractivity contribution >= 4 is 0 Å². The molecule has 0 bridgehead atoms. The highest BCUT2D eigenvalue weighted by Crippen LogP contribution is 2.51. The van der Waals surface area contributed by atoms with Gasteiger partial charge in [0.05, 0.1) is 6.10 Å². The first-order valence-electron chi connectivity index (χ1n) is 8.24. The molecule has 3 rings (SSSR count). The fourth-order valence-electron chi connectivity index (χ4n) is 4.12. The van der Waals surface area contributed by atoms with Crippen molar-refractivity contribution in [3.63, 3.8) is 0 Å². The van der Waals surface area contributed by atoms with Gasteiger partial charge in [0, 0.05) is 31.8 Å². The lowest BCUT2D eigenvalue weighted by Crippen LogP contribution is -2.43. The summed E-state index contributed by atoms with van der Waals surface area (Å²) in [4.78, 5) is 0. The summed E-state index contributed by atoms with van der Waals surface area (Å²) in [5.41, 5.74) is 0.416. The molecule has 2 atom stereocenters. The molecule has 0 spiro atoms. The molecule has 2 aliphatic heterocycles. The maximum atomic E-state index is 6.16. The van der Waals surface area contributed by atoms with Crippen LogP contribution in [0.25, 0.3) is 0 Å². The number of hydrogen-bond acceptors (Lipinski definition) is 3. The predicted molar refractivity (Wildman–Crippen MR) is 76.2 cm³/mol. The van der Waals surface area contributed by atoms with E-state index in [1.807, 2.05) is 0 Å². The zero-order chi connectivity index (χ0) is 13.1. The van der Waals surface area contributed by atoms with Crippen LogP contribution in [0.3, 0.4) is 0 Å². The quantitative estimate of drug-likeness (QED) is 0.802. The summed E-state index contributed by atoms with van der Waals surface area (Å²) in [5.74, 6) is 1.72. The van der Waals surface area contributed by atoms with Gasteiger partial charge in [0.15, 0.2) is 0 Å². The van der Waals surface area contributed by atoms with Gasteiger partial charge in [-0.05, 0) is 56.9 Å². The summed E-state index contributed by atoms with van der Waals surface area (Å²) >= 11 is 0. The van der Waals surface area contributed by atoms with Gasteiger partial charge < -0.3 is 14.8 Å². The fourth-order valence-corrected chi connectivity index (χ4v) is 4.12. The topological polar surface area (TPSA) is 30.5 Å². The Balaban J connectivity index is 1.67. The third kappa shape index (κ3) is 3.14. The molecule has 110 valence electrons. The van der Waals surface area contributed by atoms with Crippen molar-refractivity contribution in [2.45, 2.75) is 51.6 Å². The monoisotopic (exact) mass is 267 g/mol. The van der Waals surface area contributed by atoms with E-state index in [-0.39, 0.29) is 0 Å². The van der Waals surface area contributed by atoms with E-state index >= 15 is 0 Å². The van der Waals surface area contributed by atoms with Crippen LogP contribution in [0, 0.1) is 17.3 Å². The predicted octanol–water partition coefficient (Wildman–Crippen LogP) is 2.60. The van der Waals surface area contributed by atoms with Gasteiger partial charge in [0.2, 0.25) is 0 Å². The van der Waals surface area contributed by atoms with Crippen molar-refractivity contribution < 1.29 is 9.47 Å². The van der Waals surface area contributed by atoms with E-state index in [4.69, 9.17) is 9.47 Å². The van der Waals surface area contributed by atoms with E-state index in [1.165, 1.54) is 38.5 Å². The third-order valence-electron chi connectivity index (χ3n) is 5.31. The molecule has 3 fully saturated rings. The highest BCUT2D eigenvalue weighted by atomic mass is 16.5. The van der Waals surface area contributed by atoms with Gasteiger partial charge in [-0.3, -0.25) is 0 Å². The van der Waals surface area contributed by atoms with Crippen LogP contribution in [0.4, 0.5) is 0 Å². The second kappa shape index (κ2) is 6.11. The molecule has 1 aliphatic carbocycles. The first kappa shape index (κ1) is 13.8. The molecule has 2 unspecified atom stereocenters. The maximum Gasteiger partial charge on any atom is 0.0672 e. The van der Waals surface area contributed by atoms with Crippen LogP contribution in [0.15, 0.2) is 0 Å². The molecule has 0 amide bonds. The molecule has 2 saturated heterocycles. The Morgan fingerprint density at radius 2 is 1.89 bits per heavy atom. The Bertz CT molecular complexity index is 286. The summed E-state index contributed by atoms with van der Waals surface area (Å²) in [7, 11) is 0. The SMILES string of the molecule is CCNCC1(CC2CCOCC2)CCOC1C1CC1. The van der Waals surface area contributed by atoms with Gasteiger partial charge in [-0.1, -0.05) is 6.92 Å². The van der Waals surface area contributed by atoms with Crippen LogP contribution in [-0.2, 0) is 9.47 Å². The first-order valence-corrected chi connectivity index (χ1v) is 8.24. The van der Waals surface area contributed by atoms with E-state index in [0.29, 0.717) is 11.5 Å². The van der Waals surface area contributed by atoms with Crippen molar-refractivity contribution in [2.75, 3.05) is 32.9 Å². The third-order valence-corrected chi connectivity index (χ3v) is 5.31. The second-order valence-electron chi connectivity index (χ2n) is 6.78. The Morgan fingerprint density at radius 3 is 2.58 bits per heavy atom. The summed E-state index contributed by atoms with van der Waals surface area (Å²) in [6.45, 7) is 7.36. The van der Waals surface area contributed by atoms with Crippen molar-refractivity contribution in [1.82, 2.24) is 5.32 Å². The molecule has 2 heterocycles. The van der Waals surface area contributed by atoms with Crippen molar-refractivity contribution in [2.24, 2.45) is 17.3 Å². The lowest BCUT2D eigenvalue weighted by molar-refractivity contribution is -0.000367. The zero-order valence-electron chi connectivity index (χ0n) is 12.3. The van der Waals surface area contributed by atoms with Crippen LogP contribution < -0.4 is 5.32 Å². The average molecular weight is 267 g/mol. The molecule has 1 N–H and O–H groups in total. The molecule has 19 heavy (non-hydrogen) atoms. The molecular formula is C16H29NO2. The molecule has 0 radical (unpaired) electrons. The van der Waals surface area contributed by atoms with Crippen molar-refractivity contribution in [3.05, 3.63) is 0 Å². The number of rotatable bonds is 6. The lowest BCUT2D eigenvalue weighted by Gasteiger charge is -2.38. The molecule has 1 saturated carbocycles. The Labute approximate surface area is 117 Å². The van der Waals surface area contributed by atoms with Gasteiger partial charge in [0.25, 0.3) is 0 Å². The number of hydrogen-bond donors (Lipinski definition) is 1.